The molecule has 2 aromatic rings. The Morgan fingerprint density at radius 2 is 1.97 bits per heavy atom. The van der Waals surface area contributed by atoms with Crippen LogP contribution in [0.3, 0.4) is 0 Å². The summed E-state index contributed by atoms with van der Waals surface area (Å²) >= 11 is 0. The number of fused-ring (bicyclic) bond motifs is 1. The Hall–Kier alpha value is -2.38. The monoisotopic (exact) mass is 398 g/mol. The maximum Gasteiger partial charge on any atom is 0.162 e. The van der Waals surface area contributed by atoms with E-state index in [-0.39, 0.29) is 11.7 Å². The second-order valence-electron chi connectivity index (χ2n) is 8.01. The number of hydrogen-bond acceptors (Lipinski definition) is 7. The summed E-state index contributed by atoms with van der Waals surface area (Å²) in [5.41, 5.74) is 3.25. The van der Waals surface area contributed by atoms with Gasteiger partial charge < -0.3 is 19.5 Å². The van der Waals surface area contributed by atoms with E-state index in [1.807, 2.05) is 12.1 Å². The molecule has 1 aromatic carbocycles. The summed E-state index contributed by atoms with van der Waals surface area (Å²) in [4.78, 5) is 14.5. The Morgan fingerprint density at radius 3 is 2.69 bits per heavy atom. The topological polar surface area (TPSA) is 71.0 Å². The molecule has 0 atom stereocenters. The number of phenols is 1. The van der Waals surface area contributed by atoms with Crippen LogP contribution in [0.1, 0.15) is 42.4 Å². The lowest BCUT2D eigenvalue weighted by molar-refractivity contribution is 0.122. The lowest BCUT2D eigenvalue weighted by Crippen LogP contribution is -2.39. The fourth-order valence-electron chi connectivity index (χ4n) is 4.01. The molecule has 1 fully saturated rings. The molecule has 2 aliphatic rings. The molecule has 156 valence electrons. The number of methoxy groups -OCH3 is 1. The first-order valence-corrected chi connectivity index (χ1v) is 10.4. The number of anilines is 1. The third-order valence-corrected chi connectivity index (χ3v) is 5.66. The van der Waals surface area contributed by atoms with Crippen molar-refractivity contribution in [2.75, 3.05) is 44.9 Å². The van der Waals surface area contributed by atoms with E-state index in [4.69, 9.17) is 19.4 Å². The van der Waals surface area contributed by atoms with Gasteiger partial charge in [0, 0.05) is 49.8 Å². The van der Waals surface area contributed by atoms with Crippen molar-refractivity contribution in [1.82, 2.24) is 14.9 Å². The van der Waals surface area contributed by atoms with Crippen LogP contribution in [-0.4, -0.2) is 59.9 Å². The summed E-state index contributed by atoms with van der Waals surface area (Å²) in [5.74, 6) is 3.00. The summed E-state index contributed by atoms with van der Waals surface area (Å²) in [7, 11) is 1.58. The minimum absolute atomic E-state index is 0.223. The molecular formula is C22H30N4O3. The zero-order valence-electron chi connectivity index (χ0n) is 17.5. The molecule has 0 aliphatic carbocycles. The SMILES string of the molecule is COc1cccc(CN2CCc3c(nc(C(C)C)nc3N3CCOCC3)C2)c1O. The van der Waals surface area contributed by atoms with Crippen LogP contribution in [-0.2, 0) is 24.2 Å². The number of rotatable bonds is 5. The van der Waals surface area contributed by atoms with Crippen LogP contribution in [0.2, 0.25) is 0 Å². The van der Waals surface area contributed by atoms with E-state index in [0.29, 0.717) is 12.3 Å². The van der Waals surface area contributed by atoms with Gasteiger partial charge in [-0.1, -0.05) is 26.0 Å². The molecule has 0 radical (unpaired) electrons. The molecule has 1 N–H and O–H groups in total. The van der Waals surface area contributed by atoms with Crippen LogP contribution in [0.5, 0.6) is 11.5 Å². The minimum Gasteiger partial charge on any atom is -0.504 e. The highest BCUT2D eigenvalue weighted by Gasteiger charge is 2.27. The van der Waals surface area contributed by atoms with E-state index < -0.39 is 0 Å². The van der Waals surface area contributed by atoms with Gasteiger partial charge >= 0.3 is 0 Å². The van der Waals surface area contributed by atoms with Crippen molar-refractivity contribution in [3.8, 4) is 11.5 Å². The van der Waals surface area contributed by atoms with E-state index in [1.165, 1.54) is 5.56 Å². The van der Waals surface area contributed by atoms with Gasteiger partial charge in [0.1, 0.15) is 11.6 Å². The van der Waals surface area contributed by atoms with Crippen LogP contribution < -0.4 is 9.64 Å². The number of hydrogen-bond donors (Lipinski definition) is 1. The first-order valence-electron chi connectivity index (χ1n) is 10.4. The zero-order valence-corrected chi connectivity index (χ0v) is 17.5. The highest BCUT2D eigenvalue weighted by atomic mass is 16.5. The van der Waals surface area contributed by atoms with E-state index in [1.54, 1.807) is 13.2 Å². The number of ether oxygens (including phenoxy) is 2. The number of morpholine rings is 1. The molecule has 0 saturated carbocycles. The van der Waals surface area contributed by atoms with E-state index in [9.17, 15) is 5.11 Å². The number of aromatic nitrogens is 2. The van der Waals surface area contributed by atoms with Crippen molar-refractivity contribution in [2.45, 2.75) is 39.3 Å². The van der Waals surface area contributed by atoms with Crippen molar-refractivity contribution in [3.05, 3.63) is 40.8 Å². The molecule has 0 bridgehead atoms. The first kappa shape index (κ1) is 19.9. The van der Waals surface area contributed by atoms with Gasteiger partial charge in [-0.25, -0.2) is 9.97 Å². The molecule has 7 nitrogen and oxygen atoms in total. The third-order valence-electron chi connectivity index (χ3n) is 5.66. The maximum atomic E-state index is 10.5. The predicted molar refractivity (Wildman–Crippen MR) is 112 cm³/mol. The van der Waals surface area contributed by atoms with Gasteiger partial charge in [-0.15, -0.1) is 0 Å². The minimum atomic E-state index is 0.223. The number of para-hydroxylation sites is 1. The fourth-order valence-corrected chi connectivity index (χ4v) is 4.01. The van der Waals surface area contributed by atoms with Crippen LogP contribution in [0.4, 0.5) is 5.82 Å². The average molecular weight is 399 g/mol. The number of phenolic OH excluding ortho intramolecular Hbond substituents is 1. The zero-order chi connectivity index (χ0) is 20.4. The average Bonchev–Trinajstić information content (AvgIpc) is 2.75. The number of aromatic hydroxyl groups is 1. The fraction of sp³-hybridized carbons (Fsp3) is 0.545. The molecule has 7 heteroatoms. The second kappa shape index (κ2) is 8.55. The number of nitrogens with zero attached hydrogens (tertiary/aromatic N) is 4. The summed E-state index contributed by atoms with van der Waals surface area (Å²) < 4.78 is 10.8. The van der Waals surface area contributed by atoms with Gasteiger partial charge in [0.15, 0.2) is 11.5 Å². The van der Waals surface area contributed by atoms with E-state index in [2.05, 4.69) is 23.6 Å². The molecule has 1 saturated heterocycles. The van der Waals surface area contributed by atoms with Gasteiger partial charge in [0.25, 0.3) is 0 Å². The highest BCUT2D eigenvalue weighted by molar-refractivity contribution is 5.51. The summed E-state index contributed by atoms with van der Waals surface area (Å²) in [6.07, 6.45) is 0.908. The Morgan fingerprint density at radius 1 is 1.17 bits per heavy atom. The van der Waals surface area contributed by atoms with E-state index in [0.717, 1.165) is 68.7 Å². The van der Waals surface area contributed by atoms with E-state index >= 15 is 0 Å². The lowest BCUT2D eigenvalue weighted by Gasteiger charge is -2.34. The predicted octanol–water partition coefficient (Wildman–Crippen LogP) is 2.71. The van der Waals surface area contributed by atoms with Gasteiger partial charge in [-0.05, 0) is 12.5 Å². The van der Waals surface area contributed by atoms with Crippen LogP contribution in [0, 0.1) is 0 Å². The molecule has 2 aliphatic heterocycles. The Labute approximate surface area is 172 Å². The molecule has 4 rings (SSSR count). The molecule has 1 aromatic heterocycles. The van der Waals surface area contributed by atoms with Gasteiger partial charge in [-0.3, -0.25) is 4.90 Å². The summed E-state index contributed by atoms with van der Waals surface area (Å²) in [6, 6.07) is 5.65. The molecule has 0 amide bonds. The van der Waals surface area contributed by atoms with Crippen molar-refractivity contribution >= 4 is 5.82 Å². The highest BCUT2D eigenvalue weighted by Crippen LogP contribution is 2.33. The van der Waals surface area contributed by atoms with Crippen molar-refractivity contribution in [1.29, 1.82) is 0 Å². The quantitative estimate of drug-likeness (QED) is 0.830. The smallest absolute Gasteiger partial charge is 0.162 e. The van der Waals surface area contributed by atoms with Crippen molar-refractivity contribution in [3.63, 3.8) is 0 Å². The first-order chi connectivity index (χ1) is 14.1. The van der Waals surface area contributed by atoms with Crippen LogP contribution in [0.25, 0.3) is 0 Å². The standard InChI is InChI=1S/C22H30N4O3/c1-15(2)21-23-18-14-25(13-16-5-4-6-19(28-3)20(16)27)8-7-17(18)22(24-21)26-9-11-29-12-10-26/h4-6,15,27H,7-14H2,1-3H3. The second-order valence-corrected chi connectivity index (χ2v) is 8.01. The van der Waals surface area contributed by atoms with Gasteiger partial charge in [0.2, 0.25) is 0 Å². The largest absolute Gasteiger partial charge is 0.504 e. The Balaban J connectivity index is 1.60. The van der Waals surface area contributed by atoms with Gasteiger partial charge in [0.05, 0.1) is 26.0 Å². The third kappa shape index (κ3) is 4.16. The summed E-state index contributed by atoms with van der Waals surface area (Å²) in [5, 5.41) is 10.5. The van der Waals surface area contributed by atoms with Crippen LogP contribution >= 0.6 is 0 Å². The summed E-state index contributed by atoms with van der Waals surface area (Å²) in [6.45, 7) is 9.85. The Bertz CT molecular complexity index is 865. The lowest BCUT2D eigenvalue weighted by atomic mass is 10.0. The normalized spacial score (nSPS) is 17.4. The molecule has 0 spiro atoms. The number of benzene rings is 1. The molecule has 0 unspecified atom stereocenters. The van der Waals surface area contributed by atoms with Crippen molar-refractivity contribution in [2.24, 2.45) is 0 Å². The van der Waals surface area contributed by atoms with Crippen LogP contribution in [0.15, 0.2) is 18.2 Å². The van der Waals surface area contributed by atoms with Gasteiger partial charge in [-0.2, -0.15) is 0 Å². The molecular weight excluding hydrogens is 368 g/mol. The van der Waals surface area contributed by atoms with Crippen molar-refractivity contribution < 1.29 is 14.6 Å². The maximum absolute atomic E-state index is 10.5. The molecule has 3 heterocycles. The molecule has 29 heavy (non-hydrogen) atoms. The Kier molecular flexibility index (Phi) is 5.87.